The number of anilines is 1. The largest absolute Gasteiger partial charge is 0.326 e. The van der Waals surface area contributed by atoms with E-state index >= 15 is 0 Å². The normalized spacial score (nSPS) is 14.4. The van der Waals surface area contributed by atoms with Gasteiger partial charge in [0.15, 0.2) is 5.16 Å². The van der Waals surface area contributed by atoms with Crippen molar-refractivity contribution in [2.45, 2.75) is 22.9 Å². The first-order valence-corrected chi connectivity index (χ1v) is 6.97. The molecule has 1 saturated carbocycles. The Balaban J connectivity index is 1.65. The molecular weight excluding hydrogens is 260 g/mol. The molecule has 0 spiro atoms. The number of hydrogen-bond acceptors (Lipinski definition) is 4. The summed E-state index contributed by atoms with van der Waals surface area (Å²) in [5.41, 5.74) is 0.846. The standard InChI is InChI=1S/C13H14N4OS/c1-17-8-14-16-13(17)19-11-6-4-10(5-7-11)15-12(18)9-2-3-9/h4-9H,2-3H2,1H3,(H,15,18). The van der Waals surface area contributed by atoms with Crippen LogP contribution in [0, 0.1) is 5.92 Å². The molecule has 1 aliphatic carbocycles. The number of hydrogen-bond donors (Lipinski definition) is 1. The van der Waals surface area contributed by atoms with E-state index in [9.17, 15) is 4.79 Å². The van der Waals surface area contributed by atoms with Crippen LogP contribution in [0.25, 0.3) is 0 Å². The first kappa shape index (κ1) is 12.2. The predicted molar refractivity (Wildman–Crippen MR) is 72.9 cm³/mol. The summed E-state index contributed by atoms with van der Waals surface area (Å²) in [5.74, 6) is 0.362. The van der Waals surface area contributed by atoms with Gasteiger partial charge < -0.3 is 9.88 Å². The van der Waals surface area contributed by atoms with Crippen LogP contribution in [0.2, 0.25) is 0 Å². The number of carbonyl (C=O) groups excluding carboxylic acids is 1. The van der Waals surface area contributed by atoms with Crippen LogP contribution in [-0.2, 0) is 11.8 Å². The Morgan fingerprint density at radius 1 is 1.37 bits per heavy atom. The van der Waals surface area contributed by atoms with Crippen molar-refractivity contribution in [2.24, 2.45) is 13.0 Å². The van der Waals surface area contributed by atoms with Crippen molar-refractivity contribution in [3.8, 4) is 0 Å². The Bertz CT molecular complexity index is 589. The van der Waals surface area contributed by atoms with E-state index in [1.807, 2.05) is 35.9 Å². The molecule has 3 rings (SSSR count). The van der Waals surface area contributed by atoms with Crippen molar-refractivity contribution in [3.05, 3.63) is 30.6 Å². The molecule has 0 saturated heterocycles. The van der Waals surface area contributed by atoms with E-state index in [1.165, 1.54) is 0 Å². The van der Waals surface area contributed by atoms with Gasteiger partial charge in [0, 0.05) is 23.5 Å². The van der Waals surface area contributed by atoms with Gasteiger partial charge in [-0.3, -0.25) is 4.79 Å². The Kier molecular flexibility index (Phi) is 3.25. The molecule has 1 aliphatic rings. The van der Waals surface area contributed by atoms with Crippen LogP contribution in [0.4, 0.5) is 5.69 Å². The molecule has 98 valence electrons. The van der Waals surface area contributed by atoms with Gasteiger partial charge in [-0.05, 0) is 48.9 Å². The van der Waals surface area contributed by atoms with Crippen molar-refractivity contribution >= 4 is 23.4 Å². The number of aromatic nitrogens is 3. The Morgan fingerprint density at radius 2 is 2.11 bits per heavy atom. The molecule has 1 amide bonds. The number of benzene rings is 1. The summed E-state index contributed by atoms with van der Waals surface area (Å²) in [5, 5.41) is 11.6. The fourth-order valence-electron chi connectivity index (χ4n) is 1.67. The van der Waals surface area contributed by atoms with Gasteiger partial charge in [-0.2, -0.15) is 0 Å². The fraction of sp³-hybridized carbons (Fsp3) is 0.308. The number of nitrogens with zero attached hydrogens (tertiary/aromatic N) is 3. The summed E-state index contributed by atoms with van der Waals surface area (Å²) < 4.78 is 1.87. The van der Waals surface area contributed by atoms with E-state index in [2.05, 4.69) is 15.5 Å². The van der Waals surface area contributed by atoms with Gasteiger partial charge >= 0.3 is 0 Å². The number of amides is 1. The molecule has 1 aromatic heterocycles. The van der Waals surface area contributed by atoms with Gasteiger partial charge in [0.25, 0.3) is 0 Å². The van der Waals surface area contributed by atoms with Gasteiger partial charge in [-0.15, -0.1) is 10.2 Å². The molecule has 5 nitrogen and oxygen atoms in total. The van der Waals surface area contributed by atoms with E-state index in [0.717, 1.165) is 28.6 Å². The second-order valence-corrected chi connectivity index (χ2v) is 5.66. The van der Waals surface area contributed by atoms with Crippen molar-refractivity contribution in [1.82, 2.24) is 14.8 Å². The molecule has 0 bridgehead atoms. The van der Waals surface area contributed by atoms with Gasteiger partial charge in [-0.1, -0.05) is 0 Å². The minimum Gasteiger partial charge on any atom is -0.326 e. The van der Waals surface area contributed by atoms with E-state index in [1.54, 1.807) is 18.1 Å². The van der Waals surface area contributed by atoms with Crippen LogP contribution in [-0.4, -0.2) is 20.7 Å². The highest BCUT2D eigenvalue weighted by atomic mass is 32.2. The molecule has 19 heavy (non-hydrogen) atoms. The molecule has 6 heteroatoms. The monoisotopic (exact) mass is 274 g/mol. The Morgan fingerprint density at radius 3 is 2.68 bits per heavy atom. The number of aryl methyl sites for hydroxylation is 1. The van der Waals surface area contributed by atoms with Crippen molar-refractivity contribution < 1.29 is 4.79 Å². The average Bonchev–Trinajstić information content (AvgIpc) is 3.18. The summed E-state index contributed by atoms with van der Waals surface area (Å²) >= 11 is 1.54. The first-order valence-electron chi connectivity index (χ1n) is 6.15. The second-order valence-electron chi connectivity index (χ2n) is 4.61. The summed E-state index contributed by atoms with van der Waals surface area (Å²) in [4.78, 5) is 12.7. The van der Waals surface area contributed by atoms with Crippen molar-refractivity contribution in [3.63, 3.8) is 0 Å². The predicted octanol–water partition coefficient (Wildman–Crippen LogP) is 2.31. The molecule has 2 aromatic rings. The third kappa shape index (κ3) is 2.96. The Hall–Kier alpha value is -1.82. The maximum atomic E-state index is 11.6. The lowest BCUT2D eigenvalue weighted by molar-refractivity contribution is -0.117. The van der Waals surface area contributed by atoms with E-state index in [-0.39, 0.29) is 11.8 Å². The van der Waals surface area contributed by atoms with Crippen molar-refractivity contribution in [2.75, 3.05) is 5.32 Å². The van der Waals surface area contributed by atoms with Crippen LogP contribution >= 0.6 is 11.8 Å². The fourth-order valence-corrected chi connectivity index (χ4v) is 2.43. The first-order chi connectivity index (χ1) is 9.22. The summed E-state index contributed by atoms with van der Waals surface area (Å²) in [6, 6.07) is 7.78. The number of rotatable bonds is 4. The summed E-state index contributed by atoms with van der Waals surface area (Å²) in [6.07, 6.45) is 3.71. The molecule has 0 unspecified atom stereocenters. The molecule has 0 atom stereocenters. The van der Waals surface area contributed by atoms with Gasteiger partial charge in [0.2, 0.25) is 5.91 Å². The quantitative estimate of drug-likeness (QED) is 0.929. The third-order valence-electron chi connectivity index (χ3n) is 2.95. The van der Waals surface area contributed by atoms with Crippen molar-refractivity contribution in [1.29, 1.82) is 0 Å². The summed E-state index contributed by atoms with van der Waals surface area (Å²) in [7, 11) is 1.91. The zero-order valence-corrected chi connectivity index (χ0v) is 11.4. The highest BCUT2D eigenvalue weighted by Gasteiger charge is 2.29. The molecule has 1 heterocycles. The minimum atomic E-state index is 0.133. The van der Waals surface area contributed by atoms with Crippen LogP contribution < -0.4 is 5.32 Å². The summed E-state index contributed by atoms with van der Waals surface area (Å²) in [6.45, 7) is 0. The molecule has 0 radical (unpaired) electrons. The van der Waals surface area contributed by atoms with E-state index < -0.39 is 0 Å². The zero-order chi connectivity index (χ0) is 13.2. The van der Waals surface area contributed by atoms with E-state index in [4.69, 9.17) is 0 Å². The third-order valence-corrected chi connectivity index (χ3v) is 4.01. The molecule has 0 aliphatic heterocycles. The minimum absolute atomic E-state index is 0.133. The molecular formula is C13H14N4OS. The lowest BCUT2D eigenvalue weighted by Crippen LogP contribution is -2.12. The van der Waals surface area contributed by atoms with E-state index in [0.29, 0.717) is 0 Å². The topological polar surface area (TPSA) is 59.8 Å². The highest BCUT2D eigenvalue weighted by molar-refractivity contribution is 7.99. The lowest BCUT2D eigenvalue weighted by Gasteiger charge is -2.05. The smallest absolute Gasteiger partial charge is 0.227 e. The molecule has 1 N–H and O–H groups in total. The maximum absolute atomic E-state index is 11.6. The van der Waals surface area contributed by atoms with Crippen LogP contribution in [0.1, 0.15) is 12.8 Å². The number of nitrogens with one attached hydrogen (secondary N) is 1. The average molecular weight is 274 g/mol. The lowest BCUT2D eigenvalue weighted by atomic mass is 10.3. The van der Waals surface area contributed by atoms with Gasteiger partial charge in [0.05, 0.1) is 0 Å². The van der Waals surface area contributed by atoms with Crippen LogP contribution in [0.15, 0.2) is 40.6 Å². The second kappa shape index (κ2) is 5.05. The SMILES string of the molecule is Cn1cnnc1Sc1ccc(NC(=O)C2CC2)cc1. The highest BCUT2D eigenvalue weighted by Crippen LogP contribution is 2.31. The molecule has 1 fully saturated rings. The molecule has 1 aromatic carbocycles. The number of carbonyl (C=O) groups is 1. The van der Waals surface area contributed by atoms with Crippen LogP contribution in [0.3, 0.4) is 0 Å². The van der Waals surface area contributed by atoms with Gasteiger partial charge in [-0.25, -0.2) is 0 Å². The van der Waals surface area contributed by atoms with Crippen LogP contribution in [0.5, 0.6) is 0 Å². The van der Waals surface area contributed by atoms with Gasteiger partial charge in [0.1, 0.15) is 6.33 Å². The Labute approximate surface area is 115 Å². The maximum Gasteiger partial charge on any atom is 0.227 e. The zero-order valence-electron chi connectivity index (χ0n) is 10.5.